The number of thioether (sulfide) groups is 1. The third-order valence-electron chi connectivity index (χ3n) is 3.30. The van der Waals surface area contributed by atoms with Gasteiger partial charge in [0.2, 0.25) is 0 Å². The van der Waals surface area contributed by atoms with Crippen LogP contribution in [-0.2, 0) is 0 Å². The first-order valence-electron chi connectivity index (χ1n) is 7.22. The van der Waals surface area contributed by atoms with E-state index in [1.165, 1.54) is 16.0 Å². The molecule has 0 amide bonds. The second kappa shape index (κ2) is 7.53. The van der Waals surface area contributed by atoms with E-state index in [9.17, 15) is 0 Å². The molecule has 1 unspecified atom stereocenters. The van der Waals surface area contributed by atoms with Crippen LogP contribution in [0.1, 0.15) is 31.0 Å². The summed E-state index contributed by atoms with van der Waals surface area (Å²) < 4.78 is 5.79. The predicted molar refractivity (Wildman–Crippen MR) is 91.3 cm³/mol. The Morgan fingerprint density at radius 2 is 1.71 bits per heavy atom. The summed E-state index contributed by atoms with van der Waals surface area (Å²) in [7, 11) is 1.99. The lowest BCUT2D eigenvalue weighted by Crippen LogP contribution is -2.17. The molecule has 0 fully saturated rings. The average molecular weight is 301 g/mol. The number of nitrogens with one attached hydrogen (secondary N) is 1. The maximum absolute atomic E-state index is 5.79. The summed E-state index contributed by atoms with van der Waals surface area (Å²) in [6.45, 7) is 4.09. The summed E-state index contributed by atoms with van der Waals surface area (Å²) in [6, 6.07) is 17.2. The van der Waals surface area contributed by atoms with E-state index in [1.807, 2.05) is 33.0 Å². The van der Waals surface area contributed by atoms with Crippen molar-refractivity contribution in [3.63, 3.8) is 0 Å². The third-order valence-corrected chi connectivity index (χ3v) is 4.04. The molecular formula is C18H23NOS. The molecule has 1 N–H and O–H groups in total. The van der Waals surface area contributed by atoms with Gasteiger partial charge in [-0.25, -0.2) is 0 Å². The summed E-state index contributed by atoms with van der Waals surface area (Å²) in [5, 5.41) is 3.39. The summed E-state index contributed by atoms with van der Waals surface area (Å²) >= 11 is 1.76. The van der Waals surface area contributed by atoms with Gasteiger partial charge in [-0.2, -0.15) is 0 Å². The van der Waals surface area contributed by atoms with E-state index in [4.69, 9.17) is 4.74 Å². The number of hydrogen-bond donors (Lipinski definition) is 1. The van der Waals surface area contributed by atoms with Crippen LogP contribution in [0, 0.1) is 0 Å². The first-order chi connectivity index (χ1) is 10.1. The van der Waals surface area contributed by atoms with Crippen LogP contribution in [-0.4, -0.2) is 19.4 Å². The highest BCUT2D eigenvalue weighted by molar-refractivity contribution is 7.98. The standard InChI is InChI=1S/C18H23NOS/c1-13(2)20-16-7-5-6-15(12-16)18(19-3)14-8-10-17(21-4)11-9-14/h5-13,18-19H,1-4H3. The minimum atomic E-state index is 0.177. The molecule has 0 spiro atoms. The van der Waals surface area contributed by atoms with Crippen LogP contribution < -0.4 is 10.1 Å². The topological polar surface area (TPSA) is 21.3 Å². The largest absolute Gasteiger partial charge is 0.491 e. The van der Waals surface area contributed by atoms with E-state index in [1.54, 1.807) is 11.8 Å². The van der Waals surface area contributed by atoms with Gasteiger partial charge >= 0.3 is 0 Å². The molecule has 2 aromatic carbocycles. The van der Waals surface area contributed by atoms with Gasteiger partial charge in [0.1, 0.15) is 5.75 Å². The van der Waals surface area contributed by atoms with E-state index < -0.39 is 0 Å². The normalized spacial score (nSPS) is 12.4. The van der Waals surface area contributed by atoms with Gasteiger partial charge in [0.05, 0.1) is 12.1 Å². The molecule has 0 bridgehead atoms. The Kier molecular flexibility index (Phi) is 5.71. The Morgan fingerprint density at radius 3 is 2.29 bits per heavy atom. The summed E-state index contributed by atoms with van der Waals surface area (Å²) in [4.78, 5) is 1.28. The second-order valence-corrected chi connectivity index (χ2v) is 6.11. The molecule has 0 radical (unpaired) electrons. The third kappa shape index (κ3) is 4.26. The molecule has 0 saturated heterocycles. The van der Waals surface area contributed by atoms with E-state index in [2.05, 4.69) is 48.0 Å². The quantitative estimate of drug-likeness (QED) is 0.794. The highest BCUT2D eigenvalue weighted by Crippen LogP contribution is 2.27. The van der Waals surface area contributed by atoms with E-state index in [0.29, 0.717) is 0 Å². The fourth-order valence-electron chi connectivity index (χ4n) is 2.36. The average Bonchev–Trinajstić information content (AvgIpc) is 2.48. The van der Waals surface area contributed by atoms with Crippen LogP contribution in [0.25, 0.3) is 0 Å². The Bertz CT molecular complexity index is 566. The summed E-state index contributed by atoms with van der Waals surface area (Å²) in [5.74, 6) is 0.920. The van der Waals surface area contributed by atoms with Crippen LogP contribution in [0.3, 0.4) is 0 Å². The molecule has 112 valence electrons. The van der Waals surface area contributed by atoms with E-state index >= 15 is 0 Å². The maximum Gasteiger partial charge on any atom is 0.120 e. The number of rotatable bonds is 6. The zero-order chi connectivity index (χ0) is 15.2. The van der Waals surface area contributed by atoms with Gasteiger partial charge in [-0.05, 0) is 62.5 Å². The highest BCUT2D eigenvalue weighted by atomic mass is 32.2. The fraction of sp³-hybridized carbons (Fsp3) is 0.333. The van der Waals surface area contributed by atoms with Crippen molar-refractivity contribution in [2.24, 2.45) is 0 Å². The minimum Gasteiger partial charge on any atom is -0.491 e. The minimum absolute atomic E-state index is 0.177. The maximum atomic E-state index is 5.79. The van der Waals surface area contributed by atoms with Gasteiger partial charge in [0, 0.05) is 4.90 Å². The number of benzene rings is 2. The number of hydrogen-bond acceptors (Lipinski definition) is 3. The SMILES string of the molecule is CNC(c1ccc(SC)cc1)c1cccc(OC(C)C)c1. The molecule has 0 aliphatic heterocycles. The first-order valence-corrected chi connectivity index (χ1v) is 8.44. The Labute approximate surface area is 131 Å². The van der Waals surface area contributed by atoms with Crippen LogP contribution >= 0.6 is 11.8 Å². The molecule has 21 heavy (non-hydrogen) atoms. The molecule has 0 aromatic heterocycles. The van der Waals surface area contributed by atoms with Gasteiger partial charge in [0.25, 0.3) is 0 Å². The molecule has 2 rings (SSSR count). The smallest absolute Gasteiger partial charge is 0.120 e. The van der Waals surface area contributed by atoms with Crippen molar-refractivity contribution in [2.75, 3.05) is 13.3 Å². The van der Waals surface area contributed by atoms with E-state index in [-0.39, 0.29) is 12.1 Å². The van der Waals surface area contributed by atoms with Crippen molar-refractivity contribution in [3.8, 4) is 5.75 Å². The van der Waals surface area contributed by atoms with Crippen molar-refractivity contribution < 1.29 is 4.74 Å². The predicted octanol–water partition coefficient (Wildman–Crippen LogP) is 4.50. The Hall–Kier alpha value is -1.45. The van der Waals surface area contributed by atoms with Crippen molar-refractivity contribution in [1.29, 1.82) is 0 Å². The van der Waals surface area contributed by atoms with Crippen LogP contribution in [0.2, 0.25) is 0 Å². The molecule has 0 saturated carbocycles. The van der Waals surface area contributed by atoms with Crippen molar-refractivity contribution in [1.82, 2.24) is 5.32 Å². The molecule has 2 nitrogen and oxygen atoms in total. The molecule has 3 heteroatoms. The van der Waals surface area contributed by atoms with Gasteiger partial charge in [-0.1, -0.05) is 24.3 Å². The second-order valence-electron chi connectivity index (χ2n) is 5.23. The van der Waals surface area contributed by atoms with Gasteiger partial charge in [-0.15, -0.1) is 11.8 Å². The zero-order valence-electron chi connectivity index (χ0n) is 13.1. The van der Waals surface area contributed by atoms with Crippen LogP contribution in [0.4, 0.5) is 0 Å². The zero-order valence-corrected chi connectivity index (χ0v) is 13.9. The highest BCUT2D eigenvalue weighted by Gasteiger charge is 2.13. The number of ether oxygens (including phenoxy) is 1. The van der Waals surface area contributed by atoms with Gasteiger partial charge in [-0.3, -0.25) is 0 Å². The van der Waals surface area contributed by atoms with Gasteiger partial charge in [0.15, 0.2) is 0 Å². The monoisotopic (exact) mass is 301 g/mol. The Balaban J connectivity index is 2.27. The lowest BCUT2D eigenvalue weighted by molar-refractivity contribution is 0.242. The Morgan fingerprint density at radius 1 is 1.00 bits per heavy atom. The summed E-state index contributed by atoms with van der Waals surface area (Å²) in [5.41, 5.74) is 2.48. The van der Waals surface area contributed by atoms with Crippen molar-refractivity contribution in [2.45, 2.75) is 30.9 Å². The van der Waals surface area contributed by atoms with Crippen LogP contribution in [0.5, 0.6) is 5.75 Å². The molecule has 2 aromatic rings. The lowest BCUT2D eigenvalue weighted by Gasteiger charge is -2.19. The van der Waals surface area contributed by atoms with Crippen molar-refractivity contribution >= 4 is 11.8 Å². The summed E-state index contributed by atoms with van der Waals surface area (Å²) in [6.07, 6.45) is 2.28. The molecule has 0 aliphatic rings. The van der Waals surface area contributed by atoms with Gasteiger partial charge < -0.3 is 10.1 Å². The first kappa shape index (κ1) is 15.9. The van der Waals surface area contributed by atoms with Crippen molar-refractivity contribution in [3.05, 3.63) is 59.7 Å². The molecule has 0 heterocycles. The molecule has 0 aliphatic carbocycles. The van der Waals surface area contributed by atoms with E-state index in [0.717, 1.165) is 5.75 Å². The lowest BCUT2D eigenvalue weighted by atomic mass is 9.99. The molecular weight excluding hydrogens is 278 g/mol. The fourth-order valence-corrected chi connectivity index (χ4v) is 2.77. The van der Waals surface area contributed by atoms with Crippen LogP contribution in [0.15, 0.2) is 53.4 Å². The molecule has 1 atom stereocenters.